The molecule has 0 aromatic carbocycles. The van der Waals surface area contributed by atoms with Gasteiger partial charge in [-0.1, -0.05) is 27.7 Å². The molecule has 8 heteroatoms. The maximum Gasteiger partial charge on any atom is 0.318 e. The van der Waals surface area contributed by atoms with Crippen LogP contribution in [0.2, 0.25) is 18.1 Å². The van der Waals surface area contributed by atoms with Crippen molar-refractivity contribution >= 4 is 20.3 Å². The maximum absolute atomic E-state index is 13.6. The number of piperidine rings is 1. The number of nitrogens with zero attached hydrogens (tertiary/aromatic N) is 1. The van der Waals surface area contributed by atoms with Crippen molar-refractivity contribution in [1.29, 1.82) is 0 Å². The van der Waals surface area contributed by atoms with Crippen LogP contribution >= 0.6 is 0 Å². The van der Waals surface area contributed by atoms with Crippen LogP contribution in [0, 0.1) is 16.7 Å². The van der Waals surface area contributed by atoms with Gasteiger partial charge in [0.1, 0.15) is 11.5 Å². The first-order valence-electron chi connectivity index (χ1n) is 12.0. The van der Waals surface area contributed by atoms with Crippen LogP contribution in [-0.4, -0.2) is 77.3 Å². The zero-order chi connectivity index (χ0) is 24.1. The van der Waals surface area contributed by atoms with Gasteiger partial charge in [-0.3, -0.25) is 14.5 Å². The number of fused-ring (bicyclic) bond motifs is 1. The number of esters is 2. The second-order valence-corrected chi connectivity index (χ2v) is 16.4. The Morgan fingerprint density at radius 3 is 2.34 bits per heavy atom. The molecule has 184 valence electrons. The third-order valence-electron chi connectivity index (χ3n) is 9.09. The summed E-state index contributed by atoms with van der Waals surface area (Å²) in [6.07, 6.45) is 1.47. The first-order chi connectivity index (χ1) is 14.8. The molecule has 3 fully saturated rings. The van der Waals surface area contributed by atoms with Gasteiger partial charge in [0.15, 0.2) is 8.32 Å². The van der Waals surface area contributed by atoms with Crippen LogP contribution in [0.3, 0.4) is 0 Å². The minimum atomic E-state index is -1.99. The molecule has 0 amide bonds. The summed E-state index contributed by atoms with van der Waals surface area (Å²) in [7, 11) is 1.09. The molecule has 2 bridgehead atoms. The average molecular weight is 470 g/mol. The van der Waals surface area contributed by atoms with Crippen molar-refractivity contribution in [2.45, 2.75) is 90.3 Å². The Kier molecular flexibility index (Phi) is 6.95. The van der Waals surface area contributed by atoms with Crippen LogP contribution in [0.25, 0.3) is 0 Å². The molecule has 2 saturated carbocycles. The fourth-order valence-corrected chi connectivity index (χ4v) is 7.55. The number of rotatable bonds is 7. The van der Waals surface area contributed by atoms with E-state index in [9.17, 15) is 9.59 Å². The van der Waals surface area contributed by atoms with E-state index in [4.69, 9.17) is 18.6 Å². The Morgan fingerprint density at radius 1 is 1.19 bits per heavy atom. The highest BCUT2D eigenvalue weighted by Crippen LogP contribution is 2.65. The Hall–Kier alpha value is -0.963. The lowest BCUT2D eigenvalue weighted by molar-refractivity contribution is -0.204. The minimum Gasteiger partial charge on any atom is -0.468 e. The lowest BCUT2D eigenvalue weighted by Gasteiger charge is -2.56. The van der Waals surface area contributed by atoms with E-state index in [1.54, 1.807) is 7.11 Å². The third kappa shape index (κ3) is 3.75. The van der Waals surface area contributed by atoms with E-state index in [-0.39, 0.29) is 40.5 Å². The zero-order valence-electron chi connectivity index (χ0n) is 21.4. The van der Waals surface area contributed by atoms with Crippen LogP contribution in [-0.2, 0) is 28.2 Å². The molecule has 3 aliphatic rings. The second kappa shape index (κ2) is 8.67. The number of carbonyl (C=O) groups is 2. The van der Waals surface area contributed by atoms with E-state index >= 15 is 0 Å². The molecular formula is C24H43NO6Si. The number of hydrogen-bond donors (Lipinski definition) is 0. The standard InChI is InChI=1S/C24H43NO6Si/c1-10-25-14-23(15-30-32(8,9)22(3,4)5)12-11-19(28-6)24(21(27)29-7)18(23)13-17(25)20(24)31-16(2)26/h17-20H,10-15H2,1-9H3/t17?,18-,19-,20+,23+,24+/m1/s1. The van der Waals surface area contributed by atoms with Gasteiger partial charge in [-0.25, -0.2) is 0 Å². The Labute approximate surface area is 194 Å². The topological polar surface area (TPSA) is 74.3 Å². The van der Waals surface area contributed by atoms with Gasteiger partial charge in [-0.15, -0.1) is 0 Å². The number of ether oxygens (including phenoxy) is 3. The highest BCUT2D eigenvalue weighted by molar-refractivity contribution is 6.74. The molecule has 0 N–H and O–H groups in total. The van der Waals surface area contributed by atoms with Crippen molar-refractivity contribution in [3.8, 4) is 0 Å². The maximum atomic E-state index is 13.6. The first-order valence-corrected chi connectivity index (χ1v) is 14.9. The number of hydrogen-bond acceptors (Lipinski definition) is 7. The van der Waals surface area contributed by atoms with E-state index in [2.05, 4.69) is 45.7 Å². The summed E-state index contributed by atoms with van der Waals surface area (Å²) in [5.41, 5.74) is -1.22. The van der Waals surface area contributed by atoms with E-state index in [1.165, 1.54) is 14.0 Å². The third-order valence-corrected chi connectivity index (χ3v) is 13.6. The van der Waals surface area contributed by atoms with Gasteiger partial charge < -0.3 is 18.6 Å². The monoisotopic (exact) mass is 469 g/mol. The van der Waals surface area contributed by atoms with Gasteiger partial charge in [0.2, 0.25) is 0 Å². The molecule has 1 heterocycles. The molecule has 2 aliphatic carbocycles. The predicted molar refractivity (Wildman–Crippen MR) is 125 cm³/mol. The number of likely N-dealkylation sites (N-methyl/N-ethyl adjacent to an activating group) is 1. The van der Waals surface area contributed by atoms with E-state index in [0.29, 0.717) is 13.0 Å². The smallest absolute Gasteiger partial charge is 0.318 e. The van der Waals surface area contributed by atoms with Crippen molar-refractivity contribution in [2.75, 3.05) is 33.9 Å². The van der Waals surface area contributed by atoms with Crippen molar-refractivity contribution in [3.05, 3.63) is 0 Å². The molecule has 1 unspecified atom stereocenters. The molecule has 3 rings (SSSR count). The fraction of sp³-hybridized carbons (Fsp3) is 0.917. The fourth-order valence-electron chi connectivity index (χ4n) is 6.46. The molecule has 1 saturated heterocycles. The molecule has 0 aromatic heterocycles. The first kappa shape index (κ1) is 25.7. The highest BCUT2D eigenvalue weighted by Gasteiger charge is 2.75. The highest BCUT2D eigenvalue weighted by atomic mass is 28.4. The summed E-state index contributed by atoms with van der Waals surface area (Å²) in [4.78, 5) is 28.2. The summed E-state index contributed by atoms with van der Waals surface area (Å²) < 4.78 is 24.1. The van der Waals surface area contributed by atoms with Crippen LogP contribution < -0.4 is 0 Å². The van der Waals surface area contributed by atoms with Crippen molar-refractivity contribution in [3.63, 3.8) is 0 Å². The van der Waals surface area contributed by atoms with Gasteiger partial charge in [0, 0.05) is 38.6 Å². The van der Waals surface area contributed by atoms with Crippen LogP contribution in [0.4, 0.5) is 0 Å². The normalized spacial score (nSPS) is 37.3. The van der Waals surface area contributed by atoms with Gasteiger partial charge in [0.05, 0.1) is 13.2 Å². The lowest BCUT2D eigenvalue weighted by atomic mass is 9.54. The second-order valence-electron chi connectivity index (χ2n) is 11.5. The van der Waals surface area contributed by atoms with E-state index in [1.807, 2.05) is 0 Å². The van der Waals surface area contributed by atoms with Crippen LogP contribution in [0.1, 0.15) is 53.9 Å². The molecule has 6 atom stereocenters. The predicted octanol–water partition coefficient (Wildman–Crippen LogP) is 3.62. The average Bonchev–Trinajstić information content (AvgIpc) is 3.04. The van der Waals surface area contributed by atoms with Crippen molar-refractivity contribution in [2.24, 2.45) is 16.7 Å². The quantitative estimate of drug-likeness (QED) is 0.416. The van der Waals surface area contributed by atoms with Gasteiger partial charge in [0.25, 0.3) is 0 Å². The molecule has 32 heavy (non-hydrogen) atoms. The summed E-state index contributed by atoms with van der Waals surface area (Å²) >= 11 is 0. The molecule has 0 spiro atoms. The number of likely N-dealkylation sites (tertiary alicyclic amines) is 1. The minimum absolute atomic E-state index is 0.0234. The largest absolute Gasteiger partial charge is 0.468 e. The summed E-state index contributed by atoms with van der Waals surface area (Å²) in [6.45, 7) is 17.1. The molecule has 7 nitrogen and oxygen atoms in total. The van der Waals surface area contributed by atoms with E-state index < -0.39 is 19.8 Å². The molecule has 0 radical (unpaired) electrons. The van der Waals surface area contributed by atoms with Crippen LogP contribution in [0.5, 0.6) is 0 Å². The van der Waals surface area contributed by atoms with Crippen molar-refractivity contribution in [1.82, 2.24) is 4.90 Å². The van der Waals surface area contributed by atoms with E-state index in [0.717, 1.165) is 25.9 Å². The summed E-state index contributed by atoms with van der Waals surface area (Å²) in [5.74, 6) is -0.717. The Morgan fingerprint density at radius 2 is 1.84 bits per heavy atom. The van der Waals surface area contributed by atoms with Gasteiger partial charge in [-0.2, -0.15) is 0 Å². The Balaban J connectivity index is 2.12. The van der Waals surface area contributed by atoms with Crippen molar-refractivity contribution < 1.29 is 28.2 Å². The Bertz CT molecular complexity index is 736. The number of methoxy groups -OCH3 is 2. The molecule has 1 aliphatic heterocycles. The molecular weight excluding hydrogens is 426 g/mol. The van der Waals surface area contributed by atoms with Gasteiger partial charge in [-0.05, 0) is 49.9 Å². The summed E-state index contributed by atoms with van der Waals surface area (Å²) in [5, 5.41) is 0.102. The van der Waals surface area contributed by atoms with Gasteiger partial charge >= 0.3 is 11.9 Å². The zero-order valence-corrected chi connectivity index (χ0v) is 22.4. The SMILES string of the molecule is CCN1C[C@]2(CO[Si](C)(C)C(C)(C)C)CC[C@@H](OC)[C@@]3(C(=O)OC)[C@@H]2CC1[C@@H]3OC(C)=O. The van der Waals surface area contributed by atoms with Crippen LogP contribution in [0.15, 0.2) is 0 Å². The summed E-state index contributed by atoms with van der Waals surface area (Å²) in [6, 6.07) is -0.0234. The molecule has 0 aromatic rings. The lowest BCUT2D eigenvalue weighted by Crippen LogP contribution is -2.63. The number of carbonyl (C=O) groups excluding carboxylic acids is 2.